The smallest absolute Gasteiger partial charge is 0.325 e. The van der Waals surface area contributed by atoms with Gasteiger partial charge in [0.2, 0.25) is 11.0 Å². The molecule has 30 heavy (non-hydrogen) atoms. The summed E-state index contributed by atoms with van der Waals surface area (Å²) in [6.45, 7) is 5.52. The zero-order valence-corrected chi connectivity index (χ0v) is 18.2. The highest BCUT2D eigenvalue weighted by molar-refractivity contribution is 8.02. The van der Waals surface area contributed by atoms with Crippen molar-refractivity contribution in [1.82, 2.24) is 15.5 Å². The molecule has 1 atom stereocenters. The van der Waals surface area contributed by atoms with E-state index in [-0.39, 0.29) is 5.82 Å². The van der Waals surface area contributed by atoms with E-state index in [1.54, 1.807) is 25.1 Å². The van der Waals surface area contributed by atoms with Crippen LogP contribution in [0.4, 0.5) is 25.7 Å². The highest BCUT2D eigenvalue weighted by atomic mass is 32.2. The number of aromatic nitrogens is 2. The highest BCUT2D eigenvalue weighted by Gasteiger charge is 2.19. The minimum Gasteiger partial charge on any atom is -0.330 e. The van der Waals surface area contributed by atoms with E-state index in [0.29, 0.717) is 20.8 Å². The third-order valence-corrected chi connectivity index (χ3v) is 6.02. The first-order chi connectivity index (χ1) is 14.3. The molecule has 0 aliphatic rings. The van der Waals surface area contributed by atoms with Crippen LogP contribution in [0.3, 0.4) is 0 Å². The molecular formula is C20H20FN5O2S2. The van der Waals surface area contributed by atoms with Crippen molar-refractivity contribution in [3.63, 3.8) is 0 Å². The first kappa shape index (κ1) is 21.7. The second kappa shape index (κ2) is 9.68. The number of nitrogens with one attached hydrogen (secondary N) is 3. The molecule has 3 rings (SSSR count). The Morgan fingerprint density at radius 1 is 1.13 bits per heavy atom. The Kier molecular flexibility index (Phi) is 7.01. The topological polar surface area (TPSA) is 96.0 Å². The summed E-state index contributed by atoms with van der Waals surface area (Å²) in [5, 5.41) is 15.9. The van der Waals surface area contributed by atoms with Crippen LogP contribution < -0.4 is 16.0 Å². The van der Waals surface area contributed by atoms with E-state index >= 15 is 0 Å². The summed E-state index contributed by atoms with van der Waals surface area (Å²) < 4.78 is 13.8. The molecule has 10 heteroatoms. The SMILES string of the molecule is Cc1ccc(NC(=O)NC(=O)C(C)Sc2nnc(Nc3cccc(F)c3)s2)c(C)c1. The molecule has 3 N–H and O–H groups in total. The number of hydrogen-bond acceptors (Lipinski definition) is 7. The summed E-state index contributed by atoms with van der Waals surface area (Å²) >= 11 is 2.41. The summed E-state index contributed by atoms with van der Waals surface area (Å²) in [6.07, 6.45) is 0. The predicted octanol–water partition coefficient (Wildman–Crippen LogP) is 4.87. The van der Waals surface area contributed by atoms with Crippen molar-refractivity contribution in [2.24, 2.45) is 0 Å². The molecule has 1 heterocycles. The largest absolute Gasteiger partial charge is 0.330 e. The summed E-state index contributed by atoms with van der Waals surface area (Å²) in [5.74, 6) is -0.805. The van der Waals surface area contributed by atoms with E-state index in [1.807, 2.05) is 26.0 Å². The van der Waals surface area contributed by atoms with E-state index in [2.05, 4.69) is 26.1 Å². The average Bonchev–Trinajstić information content (AvgIpc) is 3.10. The number of hydrogen-bond donors (Lipinski definition) is 3. The Morgan fingerprint density at radius 2 is 1.93 bits per heavy atom. The molecule has 0 spiro atoms. The number of halogens is 1. The number of carbonyl (C=O) groups is 2. The average molecular weight is 446 g/mol. The second-order valence-electron chi connectivity index (χ2n) is 6.53. The van der Waals surface area contributed by atoms with E-state index < -0.39 is 17.2 Å². The molecule has 2 aromatic carbocycles. The van der Waals surface area contributed by atoms with Crippen molar-refractivity contribution in [1.29, 1.82) is 0 Å². The van der Waals surface area contributed by atoms with Gasteiger partial charge in [0.05, 0.1) is 5.25 Å². The third-order valence-electron chi connectivity index (χ3n) is 4.00. The summed E-state index contributed by atoms with van der Waals surface area (Å²) in [5.41, 5.74) is 3.19. The Bertz CT molecular complexity index is 1070. The maximum Gasteiger partial charge on any atom is 0.325 e. The van der Waals surface area contributed by atoms with Gasteiger partial charge < -0.3 is 10.6 Å². The number of urea groups is 1. The van der Waals surface area contributed by atoms with Crippen molar-refractivity contribution in [3.05, 3.63) is 59.4 Å². The number of rotatable bonds is 6. The fourth-order valence-corrected chi connectivity index (χ4v) is 4.44. The number of carbonyl (C=O) groups excluding carboxylic acids is 2. The van der Waals surface area contributed by atoms with E-state index in [0.717, 1.165) is 11.1 Å². The zero-order valence-electron chi connectivity index (χ0n) is 16.5. The van der Waals surface area contributed by atoms with Gasteiger partial charge in [-0.1, -0.05) is 46.9 Å². The monoisotopic (exact) mass is 445 g/mol. The zero-order chi connectivity index (χ0) is 21.7. The number of amides is 3. The van der Waals surface area contributed by atoms with Crippen LogP contribution >= 0.6 is 23.1 Å². The van der Waals surface area contributed by atoms with Gasteiger partial charge in [0.15, 0.2) is 4.34 Å². The molecule has 0 bridgehead atoms. The molecule has 0 aliphatic heterocycles. The van der Waals surface area contributed by atoms with Crippen LogP contribution in [-0.4, -0.2) is 27.4 Å². The van der Waals surface area contributed by atoms with Crippen LogP contribution in [0, 0.1) is 19.7 Å². The van der Waals surface area contributed by atoms with Gasteiger partial charge in [-0.15, -0.1) is 10.2 Å². The first-order valence-electron chi connectivity index (χ1n) is 9.02. The number of imide groups is 1. The number of anilines is 3. The molecule has 0 saturated heterocycles. The molecule has 1 unspecified atom stereocenters. The van der Waals surface area contributed by atoms with Crippen molar-refractivity contribution < 1.29 is 14.0 Å². The standard InChI is InChI=1S/C20H20FN5O2S2/c1-11-7-8-16(12(2)9-11)23-18(28)24-17(27)13(3)29-20-26-25-19(30-20)22-15-6-4-5-14(21)10-15/h4-10,13H,1-3H3,(H,22,25)(H2,23,24,27,28). The normalized spacial score (nSPS) is 11.6. The Morgan fingerprint density at radius 3 is 2.67 bits per heavy atom. The number of thioether (sulfide) groups is 1. The highest BCUT2D eigenvalue weighted by Crippen LogP contribution is 2.30. The molecule has 0 radical (unpaired) electrons. The minimum atomic E-state index is -0.592. The van der Waals surface area contributed by atoms with Gasteiger partial charge in [-0.2, -0.15) is 0 Å². The molecular weight excluding hydrogens is 425 g/mol. The van der Waals surface area contributed by atoms with Crippen molar-refractivity contribution >= 4 is 51.5 Å². The minimum absolute atomic E-state index is 0.358. The van der Waals surface area contributed by atoms with E-state index in [4.69, 9.17) is 0 Å². The van der Waals surface area contributed by atoms with Crippen LogP contribution in [0.25, 0.3) is 0 Å². The van der Waals surface area contributed by atoms with Gasteiger partial charge in [0, 0.05) is 11.4 Å². The Balaban J connectivity index is 1.52. The number of nitrogens with zero attached hydrogens (tertiary/aromatic N) is 2. The Labute approximate surface area is 181 Å². The molecule has 0 aliphatic carbocycles. The number of benzene rings is 2. The van der Waals surface area contributed by atoms with Gasteiger partial charge in [-0.25, -0.2) is 9.18 Å². The lowest BCUT2D eigenvalue weighted by Crippen LogP contribution is -2.39. The summed E-state index contributed by atoms with van der Waals surface area (Å²) in [4.78, 5) is 24.5. The molecule has 156 valence electrons. The second-order valence-corrected chi connectivity index (χ2v) is 9.10. The van der Waals surface area contributed by atoms with Crippen LogP contribution in [0.15, 0.2) is 46.8 Å². The molecule has 7 nitrogen and oxygen atoms in total. The molecule has 3 aromatic rings. The van der Waals surface area contributed by atoms with Crippen LogP contribution in [-0.2, 0) is 4.79 Å². The lowest BCUT2D eigenvalue weighted by molar-refractivity contribution is -0.119. The Hall–Kier alpha value is -2.98. The van der Waals surface area contributed by atoms with Crippen LogP contribution in [0.5, 0.6) is 0 Å². The van der Waals surface area contributed by atoms with Gasteiger partial charge in [0.1, 0.15) is 5.82 Å². The fraction of sp³-hybridized carbons (Fsp3) is 0.200. The van der Waals surface area contributed by atoms with Crippen molar-refractivity contribution in [2.75, 3.05) is 10.6 Å². The van der Waals surface area contributed by atoms with Crippen LogP contribution in [0.1, 0.15) is 18.1 Å². The quantitative estimate of drug-likeness (QED) is 0.469. The van der Waals surface area contributed by atoms with Gasteiger partial charge in [0.25, 0.3) is 0 Å². The molecule has 0 saturated carbocycles. The van der Waals surface area contributed by atoms with Crippen molar-refractivity contribution in [2.45, 2.75) is 30.4 Å². The fourth-order valence-electron chi connectivity index (χ4n) is 2.52. The third kappa shape index (κ3) is 6.01. The van der Waals surface area contributed by atoms with E-state index in [1.165, 1.54) is 35.2 Å². The summed E-state index contributed by atoms with van der Waals surface area (Å²) in [6, 6.07) is 11.0. The predicted molar refractivity (Wildman–Crippen MR) is 118 cm³/mol. The van der Waals surface area contributed by atoms with Gasteiger partial charge >= 0.3 is 6.03 Å². The first-order valence-corrected chi connectivity index (χ1v) is 10.7. The molecule has 3 amide bonds. The van der Waals surface area contributed by atoms with E-state index in [9.17, 15) is 14.0 Å². The van der Waals surface area contributed by atoms with Gasteiger partial charge in [-0.05, 0) is 50.6 Å². The maximum absolute atomic E-state index is 13.3. The lowest BCUT2D eigenvalue weighted by Gasteiger charge is -2.12. The van der Waals surface area contributed by atoms with Gasteiger partial charge in [-0.3, -0.25) is 10.1 Å². The molecule has 1 aromatic heterocycles. The van der Waals surface area contributed by atoms with Crippen molar-refractivity contribution in [3.8, 4) is 0 Å². The maximum atomic E-state index is 13.3. The summed E-state index contributed by atoms with van der Waals surface area (Å²) in [7, 11) is 0. The lowest BCUT2D eigenvalue weighted by atomic mass is 10.1. The van der Waals surface area contributed by atoms with Crippen LogP contribution in [0.2, 0.25) is 0 Å². The number of aryl methyl sites for hydroxylation is 2. The molecule has 0 fully saturated rings.